The maximum absolute atomic E-state index is 11.5. The van der Waals surface area contributed by atoms with Crippen LogP contribution in [0, 0.1) is 5.41 Å². The number of carbonyl (C=O) groups excluding carboxylic acids is 1. The molecule has 0 aromatic heterocycles. The molecule has 1 heterocycles. The first kappa shape index (κ1) is 11.6. The largest absolute Gasteiger partial charge is 0.338 e. The van der Waals surface area contributed by atoms with E-state index in [4.69, 9.17) is 11.6 Å². The van der Waals surface area contributed by atoms with Crippen LogP contribution in [-0.4, -0.2) is 23.9 Å². The molecule has 80 valence electrons. The summed E-state index contributed by atoms with van der Waals surface area (Å²) in [6.07, 6.45) is 3.32. The van der Waals surface area contributed by atoms with E-state index < -0.39 is 0 Å². The van der Waals surface area contributed by atoms with E-state index >= 15 is 0 Å². The standard InChI is InChI=1S/C11H18ClNO/c1-4-11(3)5-7-13(8-6-11)10(14)9(2)12/h2,4-8H2,1,3H3. The Kier molecular flexibility index (Phi) is 3.59. The first-order valence-corrected chi connectivity index (χ1v) is 5.50. The first-order chi connectivity index (χ1) is 6.48. The summed E-state index contributed by atoms with van der Waals surface area (Å²) in [7, 11) is 0. The third kappa shape index (κ3) is 2.50. The predicted octanol–water partition coefficient (Wildman–Crippen LogP) is 2.78. The van der Waals surface area contributed by atoms with Gasteiger partial charge < -0.3 is 4.90 Å². The predicted molar refractivity (Wildman–Crippen MR) is 59.2 cm³/mol. The van der Waals surface area contributed by atoms with Gasteiger partial charge in [-0.1, -0.05) is 38.4 Å². The molecule has 1 saturated heterocycles. The Hall–Kier alpha value is -0.500. The topological polar surface area (TPSA) is 20.3 Å². The molecular weight excluding hydrogens is 198 g/mol. The van der Waals surface area contributed by atoms with Crippen molar-refractivity contribution in [3.63, 3.8) is 0 Å². The average Bonchev–Trinajstić information content (AvgIpc) is 2.18. The van der Waals surface area contributed by atoms with Crippen molar-refractivity contribution in [2.24, 2.45) is 5.41 Å². The van der Waals surface area contributed by atoms with Gasteiger partial charge in [0.15, 0.2) is 0 Å². The lowest BCUT2D eigenvalue weighted by molar-refractivity contribution is -0.128. The Balaban J connectivity index is 2.51. The molecule has 1 fully saturated rings. The summed E-state index contributed by atoms with van der Waals surface area (Å²) in [6, 6.07) is 0. The molecule has 0 N–H and O–H groups in total. The second-order valence-corrected chi connectivity index (χ2v) is 4.82. The van der Waals surface area contributed by atoms with Crippen molar-refractivity contribution in [1.82, 2.24) is 4.90 Å². The quantitative estimate of drug-likeness (QED) is 0.649. The number of rotatable bonds is 2. The van der Waals surface area contributed by atoms with Crippen LogP contribution < -0.4 is 0 Å². The molecule has 0 aromatic rings. The molecule has 3 heteroatoms. The van der Waals surface area contributed by atoms with Crippen molar-refractivity contribution in [2.75, 3.05) is 13.1 Å². The Bertz CT molecular complexity index is 242. The highest BCUT2D eigenvalue weighted by atomic mass is 35.5. The molecule has 0 aliphatic carbocycles. The molecule has 1 aliphatic heterocycles. The van der Waals surface area contributed by atoms with E-state index in [9.17, 15) is 4.79 Å². The highest BCUT2D eigenvalue weighted by Crippen LogP contribution is 2.34. The van der Waals surface area contributed by atoms with E-state index in [0.29, 0.717) is 5.41 Å². The van der Waals surface area contributed by atoms with Crippen molar-refractivity contribution in [2.45, 2.75) is 33.1 Å². The van der Waals surface area contributed by atoms with Gasteiger partial charge in [-0.2, -0.15) is 0 Å². The number of likely N-dealkylation sites (tertiary alicyclic amines) is 1. The Labute approximate surface area is 90.9 Å². The van der Waals surface area contributed by atoms with Gasteiger partial charge in [0.05, 0.1) is 5.03 Å². The zero-order valence-electron chi connectivity index (χ0n) is 8.98. The zero-order chi connectivity index (χ0) is 10.8. The third-order valence-corrected chi connectivity index (χ3v) is 3.51. The van der Waals surface area contributed by atoms with Gasteiger partial charge in [-0.05, 0) is 18.3 Å². The van der Waals surface area contributed by atoms with Crippen LogP contribution in [0.1, 0.15) is 33.1 Å². The lowest BCUT2D eigenvalue weighted by Crippen LogP contribution is -2.41. The molecule has 0 aromatic carbocycles. The van der Waals surface area contributed by atoms with E-state index in [1.165, 1.54) is 6.42 Å². The molecule has 1 amide bonds. The molecule has 0 spiro atoms. The monoisotopic (exact) mass is 215 g/mol. The Morgan fingerprint density at radius 1 is 1.50 bits per heavy atom. The number of nitrogens with zero attached hydrogens (tertiary/aromatic N) is 1. The van der Waals surface area contributed by atoms with Crippen LogP contribution in [0.15, 0.2) is 11.6 Å². The molecule has 0 bridgehead atoms. The summed E-state index contributed by atoms with van der Waals surface area (Å²) in [5.41, 5.74) is 0.407. The summed E-state index contributed by atoms with van der Waals surface area (Å²) >= 11 is 5.58. The van der Waals surface area contributed by atoms with Gasteiger partial charge in [0.1, 0.15) is 0 Å². The normalized spacial score (nSPS) is 20.6. The summed E-state index contributed by atoms with van der Waals surface area (Å²) < 4.78 is 0. The fourth-order valence-corrected chi connectivity index (χ4v) is 1.89. The maximum Gasteiger partial charge on any atom is 0.264 e. The number of hydrogen-bond acceptors (Lipinski definition) is 1. The molecule has 0 saturated carbocycles. The second kappa shape index (κ2) is 4.35. The highest BCUT2D eigenvalue weighted by molar-refractivity contribution is 6.41. The molecule has 0 unspecified atom stereocenters. The van der Waals surface area contributed by atoms with Crippen LogP contribution in [0.3, 0.4) is 0 Å². The number of halogens is 1. The zero-order valence-corrected chi connectivity index (χ0v) is 9.73. The third-order valence-electron chi connectivity index (χ3n) is 3.34. The van der Waals surface area contributed by atoms with Crippen LogP contribution in [0.5, 0.6) is 0 Å². The lowest BCUT2D eigenvalue weighted by Gasteiger charge is -2.38. The van der Waals surface area contributed by atoms with Crippen LogP contribution in [0.25, 0.3) is 0 Å². The number of hydrogen-bond donors (Lipinski definition) is 0. The minimum absolute atomic E-state index is 0.107. The summed E-state index contributed by atoms with van der Waals surface area (Å²) in [4.78, 5) is 13.3. The Morgan fingerprint density at radius 2 is 2.00 bits per heavy atom. The van der Waals surface area contributed by atoms with Gasteiger partial charge in [-0.3, -0.25) is 4.79 Å². The maximum atomic E-state index is 11.5. The van der Waals surface area contributed by atoms with Crippen LogP contribution >= 0.6 is 11.6 Å². The minimum atomic E-state index is -0.107. The van der Waals surface area contributed by atoms with Crippen LogP contribution in [0.4, 0.5) is 0 Å². The fourth-order valence-electron chi connectivity index (χ4n) is 1.77. The molecule has 1 rings (SSSR count). The van der Waals surface area contributed by atoms with Gasteiger partial charge >= 0.3 is 0 Å². The van der Waals surface area contributed by atoms with Gasteiger partial charge in [0, 0.05) is 13.1 Å². The highest BCUT2D eigenvalue weighted by Gasteiger charge is 2.30. The minimum Gasteiger partial charge on any atom is -0.338 e. The molecule has 14 heavy (non-hydrogen) atoms. The van der Waals surface area contributed by atoms with Crippen molar-refractivity contribution < 1.29 is 4.79 Å². The van der Waals surface area contributed by atoms with Crippen molar-refractivity contribution in [3.05, 3.63) is 11.6 Å². The molecule has 2 nitrogen and oxygen atoms in total. The smallest absolute Gasteiger partial charge is 0.264 e. The van der Waals surface area contributed by atoms with Gasteiger partial charge in [0.25, 0.3) is 5.91 Å². The van der Waals surface area contributed by atoms with Gasteiger partial charge in [-0.25, -0.2) is 0 Å². The van der Waals surface area contributed by atoms with Crippen LogP contribution in [-0.2, 0) is 4.79 Å². The molecular formula is C11H18ClNO. The summed E-state index contributed by atoms with van der Waals surface area (Å²) in [5.74, 6) is -0.107. The fraction of sp³-hybridized carbons (Fsp3) is 0.727. The van der Waals surface area contributed by atoms with E-state index in [1.807, 2.05) is 0 Å². The van der Waals surface area contributed by atoms with E-state index in [2.05, 4.69) is 20.4 Å². The molecule has 0 atom stereocenters. The second-order valence-electron chi connectivity index (χ2n) is 4.36. The average molecular weight is 216 g/mol. The van der Waals surface area contributed by atoms with Gasteiger partial charge in [0.2, 0.25) is 0 Å². The SMILES string of the molecule is C=C(Cl)C(=O)N1CCC(C)(CC)CC1. The van der Waals surface area contributed by atoms with Gasteiger partial charge in [-0.15, -0.1) is 0 Å². The summed E-state index contributed by atoms with van der Waals surface area (Å²) in [5, 5.41) is 0.130. The van der Waals surface area contributed by atoms with Crippen molar-refractivity contribution >= 4 is 17.5 Å². The Morgan fingerprint density at radius 3 is 2.36 bits per heavy atom. The summed E-state index contributed by atoms with van der Waals surface area (Å²) in [6.45, 7) is 9.58. The van der Waals surface area contributed by atoms with Crippen molar-refractivity contribution in [3.8, 4) is 0 Å². The van der Waals surface area contributed by atoms with E-state index in [-0.39, 0.29) is 10.9 Å². The van der Waals surface area contributed by atoms with Crippen molar-refractivity contribution in [1.29, 1.82) is 0 Å². The number of amides is 1. The first-order valence-electron chi connectivity index (χ1n) is 5.12. The van der Waals surface area contributed by atoms with E-state index in [1.54, 1.807) is 4.90 Å². The van der Waals surface area contributed by atoms with E-state index in [0.717, 1.165) is 25.9 Å². The van der Waals surface area contributed by atoms with Crippen LogP contribution in [0.2, 0.25) is 0 Å². The number of carbonyl (C=O) groups is 1. The molecule has 1 aliphatic rings. The number of piperidine rings is 1. The molecule has 0 radical (unpaired) electrons. The lowest BCUT2D eigenvalue weighted by atomic mass is 9.78.